The Bertz CT molecular complexity index is 1130. The molecule has 0 bridgehead atoms. The number of carbonyl (C=O) groups is 2. The molecule has 0 spiro atoms. The number of nitro benzene ring substituents is 1. The summed E-state index contributed by atoms with van der Waals surface area (Å²) in [5.41, 5.74) is 2.10. The van der Waals surface area contributed by atoms with Crippen LogP contribution in [0.5, 0.6) is 0 Å². The molecule has 0 aliphatic rings. The lowest BCUT2D eigenvalue weighted by Gasteiger charge is -2.15. The Morgan fingerprint density at radius 1 is 0.871 bits per heavy atom. The van der Waals surface area contributed by atoms with E-state index in [1.165, 1.54) is 18.2 Å². The fourth-order valence-corrected chi connectivity index (χ4v) is 2.96. The molecule has 7 nitrogen and oxygen atoms in total. The van der Waals surface area contributed by atoms with Crippen molar-refractivity contribution in [2.75, 3.05) is 0 Å². The fraction of sp³-hybridized carbons (Fsp3) is 0.0833. The van der Waals surface area contributed by atoms with E-state index in [1.807, 2.05) is 30.3 Å². The summed E-state index contributed by atoms with van der Waals surface area (Å²) in [6.07, 6.45) is 0. The highest BCUT2D eigenvalue weighted by atomic mass is 16.6. The van der Waals surface area contributed by atoms with Crippen LogP contribution in [0.1, 0.15) is 28.4 Å². The first-order chi connectivity index (χ1) is 15.0. The van der Waals surface area contributed by atoms with E-state index >= 15 is 0 Å². The molecular formula is C24H21N3O4. The average Bonchev–Trinajstić information content (AvgIpc) is 2.81. The van der Waals surface area contributed by atoms with Gasteiger partial charge in [-0.25, -0.2) is 0 Å². The number of amides is 2. The average molecular weight is 415 g/mol. The van der Waals surface area contributed by atoms with E-state index in [0.29, 0.717) is 16.7 Å². The Hall–Kier alpha value is -4.26. The van der Waals surface area contributed by atoms with Gasteiger partial charge >= 0.3 is 0 Å². The Balaban J connectivity index is 1.93. The number of benzene rings is 3. The van der Waals surface area contributed by atoms with Gasteiger partial charge in [-0.05, 0) is 35.8 Å². The molecule has 3 aromatic carbocycles. The van der Waals surface area contributed by atoms with Gasteiger partial charge in [-0.2, -0.15) is 0 Å². The highest BCUT2D eigenvalue weighted by Gasteiger charge is 2.19. The van der Waals surface area contributed by atoms with E-state index < -0.39 is 16.7 Å². The molecule has 3 rings (SSSR count). The third kappa shape index (κ3) is 5.63. The Morgan fingerprint density at radius 2 is 1.48 bits per heavy atom. The van der Waals surface area contributed by atoms with Crippen LogP contribution in [0, 0.1) is 10.1 Å². The first-order valence-electron chi connectivity index (χ1n) is 9.60. The molecule has 0 atom stereocenters. The molecule has 0 aromatic heterocycles. The van der Waals surface area contributed by atoms with Gasteiger partial charge in [0.15, 0.2) is 0 Å². The van der Waals surface area contributed by atoms with E-state index in [9.17, 15) is 19.7 Å². The van der Waals surface area contributed by atoms with Crippen molar-refractivity contribution in [1.29, 1.82) is 0 Å². The summed E-state index contributed by atoms with van der Waals surface area (Å²) >= 11 is 0. The minimum Gasteiger partial charge on any atom is -0.347 e. The molecule has 0 heterocycles. The highest BCUT2D eigenvalue weighted by Crippen LogP contribution is 2.22. The smallest absolute Gasteiger partial charge is 0.270 e. The second-order valence-electron chi connectivity index (χ2n) is 6.80. The number of nitrogens with zero attached hydrogens (tertiary/aromatic N) is 1. The number of non-ortho nitro benzene ring substituents is 1. The number of nitrogens with one attached hydrogen (secondary N) is 2. The predicted molar refractivity (Wildman–Crippen MR) is 118 cm³/mol. The molecule has 156 valence electrons. The summed E-state index contributed by atoms with van der Waals surface area (Å²) in [5, 5.41) is 16.6. The molecule has 2 N–H and O–H groups in total. The lowest BCUT2D eigenvalue weighted by atomic mass is 10.0. The van der Waals surface area contributed by atoms with E-state index in [0.717, 1.165) is 5.56 Å². The Morgan fingerprint density at radius 3 is 2.13 bits per heavy atom. The second kappa shape index (κ2) is 9.98. The SMILES string of the molecule is C/C(=C(/NC(=O)c1ccccc1)C(=O)NCc1ccccc1)c1cccc([N+](=O)[O-])c1. The number of hydrogen-bond donors (Lipinski definition) is 2. The van der Waals surface area contributed by atoms with Gasteiger partial charge in [0.05, 0.1) is 4.92 Å². The molecule has 0 aliphatic carbocycles. The van der Waals surface area contributed by atoms with Gasteiger partial charge in [-0.15, -0.1) is 0 Å². The van der Waals surface area contributed by atoms with Crippen LogP contribution in [0.3, 0.4) is 0 Å². The Labute approximate surface area is 179 Å². The number of hydrogen-bond acceptors (Lipinski definition) is 4. The maximum Gasteiger partial charge on any atom is 0.270 e. The van der Waals surface area contributed by atoms with Crippen molar-refractivity contribution in [1.82, 2.24) is 10.6 Å². The van der Waals surface area contributed by atoms with Gasteiger partial charge in [0.1, 0.15) is 5.70 Å². The van der Waals surface area contributed by atoms with E-state index in [4.69, 9.17) is 0 Å². The summed E-state index contributed by atoms with van der Waals surface area (Å²) in [6.45, 7) is 1.91. The first-order valence-corrected chi connectivity index (χ1v) is 9.60. The normalized spacial score (nSPS) is 11.3. The molecule has 0 saturated carbocycles. The van der Waals surface area contributed by atoms with Crippen molar-refractivity contribution in [3.8, 4) is 0 Å². The Kier molecular flexibility index (Phi) is 6.90. The van der Waals surface area contributed by atoms with Crippen LogP contribution in [0.4, 0.5) is 5.69 Å². The van der Waals surface area contributed by atoms with Crippen molar-refractivity contribution >= 4 is 23.1 Å². The molecule has 0 saturated heterocycles. The van der Waals surface area contributed by atoms with E-state index in [1.54, 1.807) is 43.3 Å². The van der Waals surface area contributed by atoms with Gasteiger partial charge in [-0.3, -0.25) is 19.7 Å². The van der Waals surface area contributed by atoms with Crippen LogP contribution in [-0.2, 0) is 11.3 Å². The van der Waals surface area contributed by atoms with E-state index in [2.05, 4.69) is 10.6 Å². The van der Waals surface area contributed by atoms with Crippen molar-refractivity contribution in [3.05, 3.63) is 117 Å². The molecule has 2 amide bonds. The third-order valence-electron chi connectivity index (χ3n) is 4.66. The van der Waals surface area contributed by atoms with Crippen molar-refractivity contribution in [2.45, 2.75) is 13.5 Å². The van der Waals surface area contributed by atoms with Crippen LogP contribution >= 0.6 is 0 Å². The summed E-state index contributed by atoms with van der Waals surface area (Å²) < 4.78 is 0. The standard InChI is InChI=1S/C24H21N3O4/c1-17(20-13-8-14-21(15-20)27(30)31)22(26-23(28)19-11-6-3-7-12-19)24(29)25-16-18-9-4-2-5-10-18/h2-15H,16H2,1H3,(H,25,29)(H,26,28)/b22-17-. The molecule has 0 aliphatic heterocycles. The zero-order chi connectivity index (χ0) is 22.2. The molecule has 7 heteroatoms. The molecule has 0 fully saturated rings. The largest absolute Gasteiger partial charge is 0.347 e. The molecule has 31 heavy (non-hydrogen) atoms. The first kappa shape index (κ1) is 21.4. The quantitative estimate of drug-likeness (QED) is 0.345. The van der Waals surface area contributed by atoms with Crippen molar-refractivity contribution in [3.63, 3.8) is 0 Å². The fourth-order valence-electron chi connectivity index (χ4n) is 2.96. The highest BCUT2D eigenvalue weighted by molar-refractivity contribution is 6.07. The van der Waals surface area contributed by atoms with Crippen molar-refractivity contribution in [2.24, 2.45) is 0 Å². The molecule has 0 unspecified atom stereocenters. The molecular weight excluding hydrogens is 394 g/mol. The van der Waals surface area contributed by atoms with Crippen LogP contribution in [-0.4, -0.2) is 16.7 Å². The van der Waals surface area contributed by atoms with Gasteiger partial charge in [0, 0.05) is 24.2 Å². The predicted octanol–water partition coefficient (Wildman–Crippen LogP) is 4.07. The zero-order valence-electron chi connectivity index (χ0n) is 16.9. The number of carbonyl (C=O) groups excluding carboxylic acids is 2. The maximum absolute atomic E-state index is 13.0. The monoisotopic (exact) mass is 415 g/mol. The number of rotatable bonds is 7. The molecule has 0 radical (unpaired) electrons. The van der Waals surface area contributed by atoms with Gasteiger partial charge in [0.25, 0.3) is 17.5 Å². The van der Waals surface area contributed by atoms with E-state index in [-0.39, 0.29) is 17.9 Å². The summed E-state index contributed by atoms with van der Waals surface area (Å²) in [7, 11) is 0. The van der Waals surface area contributed by atoms with Crippen LogP contribution in [0.2, 0.25) is 0 Å². The minimum absolute atomic E-state index is 0.0327. The summed E-state index contributed by atoms with van der Waals surface area (Å²) in [5.74, 6) is -0.938. The zero-order valence-corrected chi connectivity index (χ0v) is 16.9. The van der Waals surface area contributed by atoms with Gasteiger partial charge in [0.2, 0.25) is 0 Å². The topological polar surface area (TPSA) is 101 Å². The molecule has 3 aromatic rings. The lowest BCUT2D eigenvalue weighted by Crippen LogP contribution is -2.35. The van der Waals surface area contributed by atoms with Crippen LogP contribution in [0.15, 0.2) is 90.6 Å². The van der Waals surface area contributed by atoms with Crippen LogP contribution < -0.4 is 10.6 Å². The second-order valence-corrected chi connectivity index (χ2v) is 6.80. The number of nitro groups is 1. The van der Waals surface area contributed by atoms with Crippen LogP contribution in [0.25, 0.3) is 5.57 Å². The summed E-state index contributed by atoms with van der Waals surface area (Å²) in [4.78, 5) is 36.3. The summed E-state index contributed by atoms with van der Waals surface area (Å²) in [6, 6.07) is 23.8. The third-order valence-corrected chi connectivity index (χ3v) is 4.66. The van der Waals surface area contributed by atoms with Crippen molar-refractivity contribution < 1.29 is 14.5 Å². The van der Waals surface area contributed by atoms with Gasteiger partial charge < -0.3 is 10.6 Å². The lowest BCUT2D eigenvalue weighted by molar-refractivity contribution is -0.384. The maximum atomic E-state index is 13.0. The van der Waals surface area contributed by atoms with Gasteiger partial charge in [-0.1, -0.05) is 60.7 Å². The number of allylic oxidation sites excluding steroid dienone is 1. The minimum atomic E-state index is -0.505.